The fraction of sp³-hybridized carbons (Fsp3) is 0.538. The lowest BCUT2D eigenvalue weighted by Crippen LogP contribution is -2.34. The Hall–Kier alpha value is -1.31. The number of nitrogens with one attached hydrogen (secondary N) is 1. The number of nitrogen functional groups attached to an aromatic ring is 1. The van der Waals surface area contributed by atoms with Crippen LogP contribution in [0.25, 0.3) is 0 Å². The molecule has 0 radical (unpaired) electrons. The third kappa shape index (κ3) is 4.66. The van der Waals surface area contributed by atoms with Gasteiger partial charge in [-0.25, -0.2) is 13.6 Å². The highest BCUT2D eigenvalue weighted by Gasteiger charge is 2.12. The molecule has 0 saturated heterocycles. The first-order chi connectivity index (χ1) is 9.27. The van der Waals surface area contributed by atoms with Crippen molar-refractivity contribution in [2.24, 2.45) is 5.14 Å². The number of rotatable bonds is 7. The van der Waals surface area contributed by atoms with E-state index in [0.717, 1.165) is 25.3 Å². The van der Waals surface area contributed by atoms with Crippen LogP contribution in [0.2, 0.25) is 0 Å². The summed E-state index contributed by atoms with van der Waals surface area (Å²) >= 11 is 0. The van der Waals surface area contributed by atoms with Crippen molar-refractivity contribution in [1.82, 2.24) is 4.90 Å². The van der Waals surface area contributed by atoms with E-state index in [1.54, 1.807) is 6.07 Å². The number of hydrogen-bond donors (Lipinski definition) is 3. The lowest BCUT2D eigenvalue weighted by atomic mass is 10.2. The van der Waals surface area contributed by atoms with E-state index < -0.39 is 10.0 Å². The molecule has 0 bridgehead atoms. The Morgan fingerprint density at radius 3 is 2.35 bits per heavy atom. The van der Waals surface area contributed by atoms with Crippen molar-refractivity contribution >= 4 is 21.4 Å². The highest BCUT2D eigenvalue weighted by atomic mass is 32.2. The van der Waals surface area contributed by atoms with Crippen molar-refractivity contribution in [2.45, 2.75) is 31.7 Å². The fourth-order valence-corrected chi connectivity index (χ4v) is 2.58. The van der Waals surface area contributed by atoms with Gasteiger partial charge >= 0.3 is 0 Å². The van der Waals surface area contributed by atoms with Crippen LogP contribution in [-0.2, 0) is 10.0 Å². The number of likely N-dealkylation sites (N-methyl/N-ethyl adjacent to an activating group) is 1. The van der Waals surface area contributed by atoms with Gasteiger partial charge in [-0.05, 0) is 38.2 Å². The maximum atomic E-state index is 11.2. The minimum Gasteiger partial charge on any atom is -0.397 e. The van der Waals surface area contributed by atoms with Gasteiger partial charge in [0.15, 0.2) is 0 Å². The van der Waals surface area contributed by atoms with Crippen LogP contribution in [0.5, 0.6) is 0 Å². The van der Waals surface area contributed by atoms with Gasteiger partial charge in [-0.2, -0.15) is 0 Å². The Balaban J connectivity index is 2.79. The summed E-state index contributed by atoms with van der Waals surface area (Å²) in [5, 5.41) is 8.35. The van der Waals surface area contributed by atoms with Gasteiger partial charge in [0, 0.05) is 12.6 Å². The second-order valence-electron chi connectivity index (χ2n) is 4.83. The first kappa shape index (κ1) is 16.7. The predicted molar refractivity (Wildman–Crippen MR) is 83.1 cm³/mol. The zero-order valence-corrected chi connectivity index (χ0v) is 13.1. The Bertz CT molecular complexity index is 541. The summed E-state index contributed by atoms with van der Waals surface area (Å²) in [5.74, 6) is 0. The smallest absolute Gasteiger partial charge is 0.238 e. The summed E-state index contributed by atoms with van der Waals surface area (Å²) < 4.78 is 22.5. The van der Waals surface area contributed by atoms with E-state index in [1.165, 1.54) is 12.1 Å². The molecule has 114 valence electrons. The van der Waals surface area contributed by atoms with Crippen LogP contribution >= 0.6 is 0 Å². The van der Waals surface area contributed by atoms with Gasteiger partial charge in [0.25, 0.3) is 0 Å². The Morgan fingerprint density at radius 2 is 1.90 bits per heavy atom. The van der Waals surface area contributed by atoms with Gasteiger partial charge in [-0.1, -0.05) is 13.8 Å². The SMILES string of the molecule is CCN(CC)CC(C)Nc1ccc(S(N)(=O)=O)cc1N. The number of nitrogens with two attached hydrogens (primary N) is 2. The quantitative estimate of drug-likeness (QED) is 0.654. The van der Waals surface area contributed by atoms with Crippen molar-refractivity contribution < 1.29 is 8.42 Å². The van der Waals surface area contributed by atoms with E-state index in [4.69, 9.17) is 10.9 Å². The van der Waals surface area contributed by atoms with E-state index in [2.05, 4.69) is 31.0 Å². The second kappa shape index (κ2) is 6.92. The molecule has 7 heteroatoms. The summed E-state index contributed by atoms with van der Waals surface area (Å²) in [6.45, 7) is 9.16. The molecule has 0 aliphatic rings. The number of hydrogen-bond acceptors (Lipinski definition) is 5. The molecular formula is C13H24N4O2S. The van der Waals surface area contributed by atoms with Crippen LogP contribution in [0.15, 0.2) is 23.1 Å². The van der Waals surface area contributed by atoms with Crippen LogP contribution in [0.3, 0.4) is 0 Å². The van der Waals surface area contributed by atoms with E-state index in [9.17, 15) is 8.42 Å². The van der Waals surface area contributed by atoms with Crippen LogP contribution < -0.4 is 16.2 Å². The predicted octanol–water partition coefficient (Wildman–Crippen LogP) is 1.06. The highest BCUT2D eigenvalue weighted by molar-refractivity contribution is 7.89. The molecule has 1 rings (SSSR count). The van der Waals surface area contributed by atoms with E-state index >= 15 is 0 Å². The maximum absolute atomic E-state index is 11.2. The second-order valence-corrected chi connectivity index (χ2v) is 6.39. The zero-order valence-electron chi connectivity index (χ0n) is 12.3. The van der Waals surface area contributed by atoms with E-state index in [1.807, 2.05) is 0 Å². The van der Waals surface area contributed by atoms with Crippen LogP contribution in [0.4, 0.5) is 11.4 Å². The molecule has 0 aliphatic heterocycles. The molecule has 6 nitrogen and oxygen atoms in total. The first-order valence-corrected chi connectivity index (χ1v) is 8.23. The maximum Gasteiger partial charge on any atom is 0.238 e. The molecular weight excluding hydrogens is 276 g/mol. The average molecular weight is 300 g/mol. The van der Waals surface area contributed by atoms with Crippen molar-refractivity contribution in [3.05, 3.63) is 18.2 Å². The monoisotopic (exact) mass is 300 g/mol. The van der Waals surface area contributed by atoms with Gasteiger partial charge < -0.3 is 16.0 Å². The molecule has 0 amide bonds. The van der Waals surface area contributed by atoms with Crippen LogP contribution in [0.1, 0.15) is 20.8 Å². The summed E-state index contributed by atoms with van der Waals surface area (Å²) in [5.41, 5.74) is 6.96. The van der Waals surface area contributed by atoms with Gasteiger partial charge in [-0.3, -0.25) is 0 Å². The van der Waals surface area contributed by atoms with Crippen LogP contribution in [-0.4, -0.2) is 39.0 Å². The van der Waals surface area contributed by atoms with Gasteiger partial charge in [0.2, 0.25) is 10.0 Å². The van der Waals surface area contributed by atoms with Crippen molar-refractivity contribution in [3.63, 3.8) is 0 Å². The summed E-state index contributed by atoms with van der Waals surface area (Å²) in [7, 11) is -3.71. The number of anilines is 2. The number of benzene rings is 1. The topological polar surface area (TPSA) is 101 Å². The van der Waals surface area contributed by atoms with Crippen LogP contribution in [0, 0.1) is 0 Å². The van der Waals surface area contributed by atoms with Crippen molar-refractivity contribution in [2.75, 3.05) is 30.7 Å². The minimum absolute atomic E-state index is 0.0249. The Morgan fingerprint density at radius 1 is 1.30 bits per heavy atom. The normalized spacial score (nSPS) is 13.4. The molecule has 0 aliphatic carbocycles. The molecule has 5 N–H and O–H groups in total. The molecule has 1 aromatic rings. The third-order valence-electron chi connectivity index (χ3n) is 3.18. The fourth-order valence-electron chi connectivity index (χ4n) is 2.03. The molecule has 0 saturated carbocycles. The molecule has 1 unspecified atom stereocenters. The molecule has 0 fully saturated rings. The number of primary sulfonamides is 1. The molecule has 1 aromatic carbocycles. The van der Waals surface area contributed by atoms with Crippen molar-refractivity contribution in [3.8, 4) is 0 Å². The number of nitrogens with zero attached hydrogens (tertiary/aromatic N) is 1. The summed E-state index contributed by atoms with van der Waals surface area (Å²) in [6.07, 6.45) is 0. The summed E-state index contributed by atoms with van der Waals surface area (Å²) in [6, 6.07) is 4.69. The first-order valence-electron chi connectivity index (χ1n) is 6.69. The minimum atomic E-state index is -3.71. The lowest BCUT2D eigenvalue weighted by molar-refractivity contribution is 0.295. The Labute approximate surface area is 121 Å². The van der Waals surface area contributed by atoms with Crippen molar-refractivity contribution in [1.29, 1.82) is 0 Å². The van der Waals surface area contributed by atoms with Gasteiger partial charge in [0.05, 0.1) is 16.3 Å². The average Bonchev–Trinajstić information content (AvgIpc) is 2.37. The van der Waals surface area contributed by atoms with E-state index in [-0.39, 0.29) is 10.9 Å². The largest absolute Gasteiger partial charge is 0.397 e. The molecule has 0 aromatic heterocycles. The third-order valence-corrected chi connectivity index (χ3v) is 4.09. The molecule has 0 heterocycles. The number of sulfonamides is 1. The highest BCUT2D eigenvalue weighted by Crippen LogP contribution is 2.22. The Kier molecular flexibility index (Phi) is 5.79. The molecule has 0 spiro atoms. The van der Waals surface area contributed by atoms with Gasteiger partial charge in [-0.15, -0.1) is 0 Å². The van der Waals surface area contributed by atoms with E-state index in [0.29, 0.717) is 5.69 Å². The standard InChI is InChI=1S/C13H24N4O2S/c1-4-17(5-2)9-10(3)16-13-7-6-11(8-12(13)14)20(15,18)19/h6-8,10,16H,4-5,9,14H2,1-3H3,(H2,15,18,19). The summed E-state index contributed by atoms with van der Waals surface area (Å²) in [4.78, 5) is 2.32. The molecule has 20 heavy (non-hydrogen) atoms. The zero-order chi connectivity index (χ0) is 15.3. The van der Waals surface area contributed by atoms with Gasteiger partial charge in [0.1, 0.15) is 0 Å². The lowest BCUT2D eigenvalue weighted by Gasteiger charge is -2.24. The molecule has 1 atom stereocenters.